The molecule has 5 nitrogen and oxygen atoms in total. The van der Waals surface area contributed by atoms with Gasteiger partial charge in [0.1, 0.15) is 0 Å². The molecule has 6 heteroatoms. The maximum absolute atomic E-state index is 12.3. The Labute approximate surface area is 127 Å². The molecule has 1 aromatic carbocycles. The Bertz CT molecular complexity index is 574. The Morgan fingerprint density at radius 2 is 2.24 bits per heavy atom. The van der Waals surface area contributed by atoms with Crippen molar-refractivity contribution in [2.75, 3.05) is 25.4 Å². The molecule has 1 aliphatic rings. The lowest BCUT2D eigenvalue weighted by Crippen LogP contribution is -2.45. The number of hydrogen-bond donors (Lipinski definition) is 2. The molecule has 0 bridgehead atoms. The number of piperidine rings is 1. The van der Waals surface area contributed by atoms with Gasteiger partial charge >= 0.3 is 0 Å². The van der Waals surface area contributed by atoms with Gasteiger partial charge in [-0.3, -0.25) is 0 Å². The second-order valence-electron chi connectivity index (χ2n) is 6.10. The molecule has 2 rings (SSSR count). The van der Waals surface area contributed by atoms with Gasteiger partial charge in [0.25, 0.3) is 0 Å². The first-order valence-corrected chi connectivity index (χ1v) is 8.95. The Hall–Kier alpha value is -1.11. The standard InChI is InChI=1S/C15H25N3O2S/c1-12-5-4-8-18(10-12)11-13(2)17-21(19,20)15-7-3-6-14(16)9-15/h3,6-7,9,12-13,17H,4-5,8,10-11,16H2,1-2H3/t12-,13-/m1/s1. The lowest BCUT2D eigenvalue weighted by Gasteiger charge is -2.32. The van der Waals surface area contributed by atoms with E-state index in [1.165, 1.54) is 18.9 Å². The molecular weight excluding hydrogens is 286 g/mol. The Kier molecular flexibility index (Phi) is 5.24. The topological polar surface area (TPSA) is 75.4 Å². The summed E-state index contributed by atoms with van der Waals surface area (Å²) in [4.78, 5) is 2.56. The summed E-state index contributed by atoms with van der Waals surface area (Å²) in [6, 6.07) is 6.26. The van der Waals surface area contributed by atoms with Gasteiger partial charge in [-0.25, -0.2) is 13.1 Å². The number of nitrogens with two attached hydrogens (primary N) is 1. The van der Waals surface area contributed by atoms with Gasteiger partial charge in [-0.2, -0.15) is 0 Å². The fourth-order valence-corrected chi connectivity index (χ4v) is 4.18. The third kappa shape index (κ3) is 4.69. The highest BCUT2D eigenvalue weighted by Gasteiger charge is 2.22. The lowest BCUT2D eigenvalue weighted by atomic mass is 10.00. The third-order valence-electron chi connectivity index (χ3n) is 3.80. The van der Waals surface area contributed by atoms with Crippen molar-refractivity contribution >= 4 is 15.7 Å². The van der Waals surface area contributed by atoms with Gasteiger partial charge in [0.05, 0.1) is 4.90 Å². The van der Waals surface area contributed by atoms with Crippen LogP contribution in [-0.4, -0.2) is 39.0 Å². The van der Waals surface area contributed by atoms with E-state index in [0.717, 1.165) is 19.6 Å². The molecule has 1 saturated heterocycles. The predicted octanol–water partition coefficient (Wildman–Crippen LogP) is 1.67. The molecule has 118 valence electrons. The average molecular weight is 311 g/mol. The van der Waals surface area contributed by atoms with E-state index in [1.54, 1.807) is 18.2 Å². The van der Waals surface area contributed by atoms with E-state index in [2.05, 4.69) is 16.5 Å². The summed E-state index contributed by atoms with van der Waals surface area (Å²) in [6.07, 6.45) is 2.45. The van der Waals surface area contributed by atoms with Crippen molar-refractivity contribution in [3.8, 4) is 0 Å². The van der Waals surface area contributed by atoms with Crippen LogP contribution in [0.1, 0.15) is 26.7 Å². The molecule has 2 atom stereocenters. The molecule has 0 unspecified atom stereocenters. The van der Waals surface area contributed by atoms with Gasteiger partial charge in [0, 0.05) is 24.8 Å². The number of nitrogens with one attached hydrogen (secondary N) is 1. The van der Waals surface area contributed by atoms with E-state index in [0.29, 0.717) is 11.6 Å². The number of nitrogens with zero attached hydrogens (tertiary/aromatic N) is 1. The molecule has 1 aromatic rings. The fraction of sp³-hybridized carbons (Fsp3) is 0.600. The monoisotopic (exact) mass is 311 g/mol. The number of sulfonamides is 1. The highest BCUT2D eigenvalue weighted by molar-refractivity contribution is 7.89. The number of anilines is 1. The maximum atomic E-state index is 12.3. The lowest BCUT2D eigenvalue weighted by molar-refractivity contribution is 0.174. The summed E-state index contributed by atoms with van der Waals surface area (Å²) >= 11 is 0. The molecule has 1 heterocycles. The maximum Gasteiger partial charge on any atom is 0.240 e. The largest absolute Gasteiger partial charge is 0.399 e. The molecule has 1 aliphatic heterocycles. The summed E-state index contributed by atoms with van der Waals surface area (Å²) in [6.45, 7) is 6.99. The molecule has 3 N–H and O–H groups in total. The summed E-state index contributed by atoms with van der Waals surface area (Å²) in [5.74, 6) is 0.691. The second kappa shape index (κ2) is 6.77. The minimum Gasteiger partial charge on any atom is -0.399 e. The number of rotatable bonds is 5. The zero-order chi connectivity index (χ0) is 15.5. The molecule has 0 aromatic heterocycles. The van der Waals surface area contributed by atoms with Crippen LogP contribution < -0.4 is 10.5 Å². The molecule has 0 saturated carbocycles. The first-order valence-electron chi connectivity index (χ1n) is 7.47. The Morgan fingerprint density at radius 3 is 2.90 bits per heavy atom. The van der Waals surface area contributed by atoms with Crippen LogP contribution in [0.5, 0.6) is 0 Å². The van der Waals surface area contributed by atoms with Crippen LogP contribution in [-0.2, 0) is 10.0 Å². The fourth-order valence-electron chi connectivity index (χ4n) is 2.89. The van der Waals surface area contributed by atoms with Crippen LogP contribution in [0.3, 0.4) is 0 Å². The van der Waals surface area contributed by atoms with Gasteiger partial charge in [0.15, 0.2) is 0 Å². The predicted molar refractivity (Wildman–Crippen MR) is 85.5 cm³/mol. The average Bonchev–Trinajstić information content (AvgIpc) is 2.37. The van der Waals surface area contributed by atoms with Gasteiger partial charge in [0.2, 0.25) is 10.0 Å². The smallest absolute Gasteiger partial charge is 0.240 e. The first-order chi connectivity index (χ1) is 9.87. The summed E-state index contributed by atoms with van der Waals surface area (Å²) < 4.78 is 27.4. The highest BCUT2D eigenvalue weighted by Crippen LogP contribution is 2.16. The number of nitrogen functional groups attached to an aromatic ring is 1. The van der Waals surface area contributed by atoms with E-state index in [9.17, 15) is 8.42 Å². The molecule has 0 spiro atoms. The van der Waals surface area contributed by atoms with Crippen molar-refractivity contribution in [1.82, 2.24) is 9.62 Å². The Balaban J connectivity index is 1.96. The molecule has 1 fully saturated rings. The Morgan fingerprint density at radius 1 is 1.48 bits per heavy atom. The number of benzene rings is 1. The highest BCUT2D eigenvalue weighted by atomic mass is 32.2. The first kappa shape index (κ1) is 16.3. The van der Waals surface area contributed by atoms with Crippen molar-refractivity contribution in [3.63, 3.8) is 0 Å². The van der Waals surface area contributed by atoms with Crippen LogP contribution >= 0.6 is 0 Å². The third-order valence-corrected chi connectivity index (χ3v) is 5.39. The summed E-state index contributed by atoms with van der Waals surface area (Å²) in [5.41, 5.74) is 6.10. The van der Waals surface area contributed by atoms with Crippen molar-refractivity contribution in [3.05, 3.63) is 24.3 Å². The minimum atomic E-state index is -3.50. The van der Waals surface area contributed by atoms with Crippen molar-refractivity contribution in [1.29, 1.82) is 0 Å². The molecule has 21 heavy (non-hydrogen) atoms. The zero-order valence-corrected chi connectivity index (χ0v) is 13.6. The number of hydrogen-bond acceptors (Lipinski definition) is 4. The van der Waals surface area contributed by atoms with Crippen molar-refractivity contribution in [2.45, 2.75) is 37.6 Å². The van der Waals surface area contributed by atoms with E-state index >= 15 is 0 Å². The van der Waals surface area contributed by atoms with Crippen LogP contribution in [0.25, 0.3) is 0 Å². The number of likely N-dealkylation sites (tertiary alicyclic amines) is 1. The van der Waals surface area contributed by atoms with Crippen LogP contribution in [0.15, 0.2) is 29.2 Å². The molecule has 0 radical (unpaired) electrons. The van der Waals surface area contributed by atoms with Crippen molar-refractivity contribution < 1.29 is 8.42 Å². The van der Waals surface area contributed by atoms with Crippen LogP contribution in [0.2, 0.25) is 0 Å². The van der Waals surface area contributed by atoms with E-state index in [1.807, 2.05) is 6.92 Å². The summed E-state index contributed by atoms with van der Waals surface area (Å²) in [5, 5.41) is 0. The molecular formula is C15H25N3O2S. The van der Waals surface area contributed by atoms with E-state index in [4.69, 9.17) is 5.73 Å². The normalized spacial score (nSPS) is 22.1. The summed E-state index contributed by atoms with van der Waals surface area (Å²) in [7, 11) is -3.50. The van der Waals surface area contributed by atoms with E-state index < -0.39 is 10.0 Å². The minimum absolute atomic E-state index is 0.123. The molecule has 0 amide bonds. The van der Waals surface area contributed by atoms with Gasteiger partial charge < -0.3 is 10.6 Å². The zero-order valence-electron chi connectivity index (χ0n) is 12.7. The second-order valence-corrected chi connectivity index (χ2v) is 7.82. The quantitative estimate of drug-likeness (QED) is 0.811. The van der Waals surface area contributed by atoms with Crippen LogP contribution in [0, 0.1) is 5.92 Å². The SMILES string of the molecule is C[C@@H]1CCCN(C[C@@H](C)NS(=O)(=O)c2cccc(N)c2)C1. The molecule has 0 aliphatic carbocycles. The van der Waals surface area contributed by atoms with Crippen molar-refractivity contribution in [2.24, 2.45) is 5.92 Å². The van der Waals surface area contributed by atoms with Crippen LogP contribution in [0.4, 0.5) is 5.69 Å². The van der Waals surface area contributed by atoms with Gasteiger partial charge in [-0.05, 0) is 50.4 Å². The van der Waals surface area contributed by atoms with E-state index in [-0.39, 0.29) is 10.9 Å². The van der Waals surface area contributed by atoms with Gasteiger partial charge in [-0.15, -0.1) is 0 Å². The van der Waals surface area contributed by atoms with Gasteiger partial charge in [-0.1, -0.05) is 13.0 Å².